The number of nitrogens with zero attached hydrogens (tertiary/aromatic N) is 1. The quantitative estimate of drug-likeness (QED) is 0.531. The summed E-state index contributed by atoms with van der Waals surface area (Å²) in [6, 6.07) is 20.8. The van der Waals surface area contributed by atoms with Gasteiger partial charge in [-0.3, -0.25) is 14.5 Å². The molecule has 0 spiro atoms. The van der Waals surface area contributed by atoms with E-state index in [-0.39, 0.29) is 24.1 Å². The third-order valence-electron chi connectivity index (χ3n) is 5.43. The second kappa shape index (κ2) is 8.40. The highest BCUT2D eigenvalue weighted by molar-refractivity contribution is 6.37. The van der Waals surface area contributed by atoms with Crippen molar-refractivity contribution < 1.29 is 9.59 Å². The van der Waals surface area contributed by atoms with Crippen LogP contribution in [0.4, 0.5) is 5.69 Å². The molecule has 1 N–H and O–H groups in total. The van der Waals surface area contributed by atoms with Crippen LogP contribution >= 0.6 is 11.6 Å². The lowest BCUT2D eigenvalue weighted by Crippen LogP contribution is -2.32. The topological polar surface area (TPSA) is 49.4 Å². The van der Waals surface area contributed by atoms with Gasteiger partial charge in [0.25, 0.3) is 11.8 Å². The van der Waals surface area contributed by atoms with E-state index in [1.165, 1.54) is 4.90 Å². The van der Waals surface area contributed by atoms with Gasteiger partial charge in [-0.1, -0.05) is 71.3 Å². The van der Waals surface area contributed by atoms with Crippen molar-refractivity contribution in [3.05, 3.63) is 105 Å². The Balaban J connectivity index is 1.78. The lowest BCUT2D eigenvalue weighted by molar-refractivity contribution is -0.137. The maximum atomic E-state index is 13.5. The Kier molecular flexibility index (Phi) is 5.66. The number of rotatable bonds is 5. The number of amides is 2. The second-order valence-electron chi connectivity index (χ2n) is 7.85. The number of hydrogen-bond acceptors (Lipinski definition) is 3. The van der Waals surface area contributed by atoms with Crippen molar-refractivity contribution in [1.82, 2.24) is 4.90 Å². The largest absolute Gasteiger partial charge is 0.350 e. The molecule has 1 aliphatic heterocycles. The Hall–Kier alpha value is -3.37. The highest BCUT2D eigenvalue weighted by Crippen LogP contribution is 2.34. The molecule has 3 aromatic carbocycles. The van der Waals surface area contributed by atoms with E-state index in [1.54, 1.807) is 6.07 Å². The van der Waals surface area contributed by atoms with Crippen LogP contribution in [-0.4, -0.2) is 16.7 Å². The molecule has 0 bridgehead atoms. The summed E-state index contributed by atoms with van der Waals surface area (Å²) in [7, 11) is 0. The van der Waals surface area contributed by atoms with Crippen molar-refractivity contribution in [2.24, 2.45) is 0 Å². The van der Waals surface area contributed by atoms with Crippen LogP contribution in [0.5, 0.6) is 0 Å². The number of hydrogen-bond donors (Lipinski definition) is 1. The highest BCUT2D eigenvalue weighted by atomic mass is 35.5. The van der Waals surface area contributed by atoms with Gasteiger partial charge in [0.05, 0.1) is 12.1 Å². The molecule has 0 saturated heterocycles. The first-order valence-corrected chi connectivity index (χ1v) is 10.5. The molecule has 1 heterocycles. The number of imide groups is 1. The van der Waals surface area contributed by atoms with Crippen LogP contribution in [0.3, 0.4) is 0 Å². The maximum Gasteiger partial charge on any atom is 0.278 e. The first kappa shape index (κ1) is 20.9. The molecule has 3 aromatic rings. The summed E-state index contributed by atoms with van der Waals surface area (Å²) in [5, 5.41) is 3.73. The van der Waals surface area contributed by atoms with Crippen LogP contribution in [0, 0.1) is 20.8 Å². The number of aryl methyl sites for hydroxylation is 3. The summed E-state index contributed by atoms with van der Waals surface area (Å²) >= 11 is 6.30. The Morgan fingerprint density at radius 3 is 2.19 bits per heavy atom. The van der Waals surface area contributed by atoms with Gasteiger partial charge in [0.1, 0.15) is 5.70 Å². The monoisotopic (exact) mass is 430 g/mol. The molecular formula is C26H23ClN2O2. The molecule has 0 atom stereocenters. The van der Waals surface area contributed by atoms with Crippen LogP contribution in [0.25, 0.3) is 5.57 Å². The van der Waals surface area contributed by atoms with Gasteiger partial charge in [-0.2, -0.15) is 0 Å². The smallest absolute Gasteiger partial charge is 0.278 e. The zero-order valence-corrected chi connectivity index (χ0v) is 18.5. The van der Waals surface area contributed by atoms with E-state index in [1.807, 2.05) is 81.4 Å². The van der Waals surface area contributed by atoms with E-state index in [9.17, 15) is 9.59 Å². The lowest BCUT2D eigenvalue weighted by Gasteiger charge is -2.16. The Morgan fingerprint density at radius 1 is 0.839 bits per heavy atom. The summed E-state index contributed by atoms with van der Waals surface area (Å²) in [4.78, 5) is 28.2. The van der Waals surface area contributed by atoms with Crippen molar-refractivity contribution in [1.29, 1.82) is 0 Å². The maximum absolute atomic E-state index is 13.5. The van der Waals surface area contributed by atoms with E-state index in [0.717, 1.165) is 33.5 Å². The molecule has 0 radical (unpaired) electrons. The molecule has 0 aliphatic carbocycles. The number of benzene rings is 3. The molecule has 0 unspecified atom stereocenters. The van der Waals surface area contributed by atoms with Crippen molar-refractivity contribution in [2.45, 2.75) is 27.3 Å². The van der Waals surface area contributed by atoms with Gasteiger partial charge in [0.2, 0.25) is 0 Å². The molecule has 2 amide bonds. The molecule has 0 saturated carbocycles. The lowest BCUT2D eigenvalue weighted by atomic mass is 9.97. The van der Waals surface area contributed by atoms with E-state index in [0.29, 0.717) is 10.6 Å². The van der Waals surface area contributed by atoms with E-state index < -0.39 is 0 Å². The average molecular weight is 431 g/mol. The second-order valence-corrected chi connectivity index (χ2v) is 8.25. The van der Waals surface area contributed by atoms with Gasteiger partial charge >= 0.3 is 0 Å². The molecule has 1 aliphatic rings. The van der Waals surface area contributed by atoms with Crippen LogP contribution in [0.1, 0.15) is 27.8 Å². The van der Waals surface area contributed by atoms with Crippen LogP contribution in [-0.2, 0) is 16.1 Å². The summed E-state index contributed by atoms with van der Waals surface area (Å²) in [5.41, 5.74) is 6.05. The summed E-state index contributed by atoms with van der Waals surface area (Å²) in [6.45, 7) is 6.07. The van der Waals surface area contributed by atoms with Crippen molar-refractivity contribution in [3.63, 3.8) is 0 Å². The van der Waals surface area contributed by atoms with Crippen molar-refractivity contribution in [3.8, 4) is 0 Å². The zero-order valence-electron chi connectivity index (χ0n) is 17.7. The molecule has 4 rings (SSSR count). The van der Waals surface area contributed by atoms with Crippen molar-refractivity contribution >= 4 is 34.7 Å². The minimum absolute atomic E-state index is 0.116. The number of anilines is 1. The van der Waals surface area contributed by atoms with Crippen molar-refractivity contribution in [2.75, 3.05) is 5.32 Å². The summed E-state index contributed by atoms with van der Waals surface area (Å²) in [5.74, 6) is -0.688. The Labute approximate surface area is 187 Å². The molecule has 5 heteroatoms. The molecule has 31 heavy (non-hydrogen) atoms. The van der Waals surface area contributed by atoms with Gasteiger partial charge in [-0.05, 0) is 55.7 Å². The fraction of sp³-hybridized carbons (Fsp3) is 0.154. The molecular weight excluding hydrogens is 408 g/mol. The first-order valence-electron chi connectivity index (χ1n) is 10.1. The van der Waals surface area contributed by atoms with Gasteiger partial charge in [-0.15, -0.1) is 0 Å². The zero-order chi connectivity index (χ0) is 22.1. The minimum Gasteiger partial charge on any atom is -0.350 e. The Morgan fingerprint density at radius 2 is 1.52 bits per heavy atom. The predicted octanol–water partition coefficient (Wildman–Crippen LogP) is 5.66. The van der Waals surface area contributed by atoms with E-state index in [4.69, 9.17) is 11.6 Å². The number of halogens is 1. The molecule has 0 aromatic heterocycles. The van der Waals surface area contributed by atoms with E-state index in [2.05, 4.69) is 5.32 Å². The fourth-order valence-corrected chi connectivity index (χ4v) is 3.95. The number of nitrogens with one attached hydrogen (secondary N) is 1. The normalized spacial score (nSPS) is 13.9. The highest BCUT2D eigenvalue weighted by Gasteiger charge is 2.39. The minimum atomic E-state index is -0.361. The van der Waals surface area contributed by atoms with Gasteiger partial charge in [-0.25, -0.2) is 0 Å². The first-order chi connectivity index (χ1) is 14.8. The standard InChI is InChI=1S/C26H23ClN2O2/c1-16-8-11-20(12-9-16)28-24-23(21-13-10-17(2)14-18(21)3)25(30)29(26(24)31)15-19-6-4-5-7-22(19)27/h4-14,28H,15H2,1-3H3. The van der Waals surface area contributed by atoms with Gasteiger partial charge in [0, 0.05) is 10.7 Å². The predicted molar refractivity (Wildman–Crippen MR) is 125 cm³/mol. The Bertz CT molecular complexity index is 1210. The third-order valence-corrected chi connectivity index (χ3v) is 5.80. The van der Waals surface area contributed by atoms with E-state index >= 15 is 0 Å². The number of carbonyl (C=O) groups excluding carboxylic acids is 2. The van der Waals surface area contributed by atoms with Crippen LogP contribution in [0.15, 0.2) is 72.4 Å². The third kappa shape index (κ3) is 4.12. The SMILES string of the molecule is Cc1ccc(NC2=C(c3ccc(C)cc3C)C(=O)N(Cc3ccccc3Cl)C2=O)cc1. The summed E-state index contributed by atoms with van der Waals surface area (Å²) < 4.78 is 0. The van der Waals surface area contributed by atoms with Gasteiger partial charge < -0.3 is 5.32 Å². The van der Waals surface area contributed by atoms with Crippen LogP contribution in [0.2, 0.25) is 5.02 Å². The molecule has 156 valence electrons. The number of carbonyl (C=O) groups is 2. The summed E-state index contributed by atoms with van der Waals surface area (Å²) in [6.07, 6.45) is 0. The molecule has 0 fully saturated rings. The fourth-order valence-electron chi connectivity index (χ4n) is 3.76. The van der Waals surface area contributed by atoms with Gasteiger partial charge in [0.15, 0.2) is 0 Å². The van der Waals surface area contributed by atoms with Crippen LogP contribution < -0.4 is 5.32 Å². The molecule has 4 nitrogen and oxygen atoms in total. The average Bonchev–Trinajstić information content (AvgIpc) is 2.96.